The molecule has 0 spiro atoms. The van der Waals surface area contributed by atoms with E-state index in [0.717, 1.165) is 25.8 Å². The molecule has 0 saturated heterocycles. The van der Waals surface area contributed by atoms with Crippen molar-refractivity contribution in [3.8, 4) is 0 Å². The summed E-state index contributed by atoms with van der Waals surface area (Å²) in [6.07, 6.45) is 12.2. The fourth-order valence-corrected chi connectivity index (χ4v) is 3.59. The van der Waals surface area contributed by atoms with Crippen LogP contribution >= 0.6 is 0 Å². The third-order valence-corrected chi connectivity index (χ3v) is 5.06. The van der Waals surface area contributed by atoms with E-state index < -0.39 is 10.0 Å². The van der Waals surface area contributed by atoms with Crippen LogP contribution in [0.25, 0.3) is 0 Å². The number of rotatable bonds is 14. The first kappa shape index (κ1) is 22.0. The van der Waals surface area contributed by atoms with E-state index in [2.05, 4.69) is 30.0 Å². The molecule has 144 valence electrons. The van der Waals surface area contributed by atoms with E-state index in [0.29, 0.717) is 11.7 Å². The van der Waals surface area contributed by atoms with Gasteiger partial charge in [-0.15, -0.1) is 0 Å². The molecule has 0 fully saturated rings. The Morgan fingerprint density at radius 2 is 1.84 bits per heavy atom. The number of hydrogen-bond donors (Lipinski definition) is 2. The number of aryl methyl sites for hydroxylation is 1. The van der Waals surface area contributed by atoms with E-state index in [1.807, 2.05) is 12.1 Å². The Kier molecular flexibility index (Phi) is 10.8. The van der Waals surface area contributed by atoms with Crippen LogP contribution in [0.4, 0.5) is 5.69 Å². The molecule has 1 unspecified atom stereocenters. The van der Waals surface area contributed by atoms with Gasteiger partial charge in [-0.25, -0.2) is 8.42 Å². The zero-order valence-corrected chi connectivity index (χ0v) is 17.0. The van der Waals surface area contributed by atoms with Gasteiger partial charge in [-0.3, -0.25) is 4.72 Å². The maximum Gasteiger partial charge on any atom is 0.229 e. The third kappa shape index (κ3) is 11.2. The molecule has 0 bridgehead atoms. The number of hydrogen-bond acceptors (Lipinski definition) is 3. The lowest BCUT2D eigenvalue weighted by molar-refractivity contribution is 0.438. The van der Waals surface area contributed by atoms with Gasteiger partial charge in [0.1, 0.15) is 0 Å². The largest absolute Gasteiger partial charge is 0.314 e. The second-order valence-electron chi connectivity index (χ2n) is 6.94. The molecule has 1 aromatic rings. The highest BCUT2D eigenvalue weighted by Gasteiger charge is 2.05. The van der Waals surface area contributed by atoms with E-state index in [9.17, 15) is 8.42 Å². The molecule has 5 heteroatoms. The summed E-state index contributed by atoms with van der Waals surface area (Å²) in [5.74, 6) is 0. The van der Waals surface area contributed by atoms with Gasteiger partial charge >= 0.3 is 0 Å². The van der Waals surface area contributed by atoms with Gasteiger partial charge in [0.2, 0.25) is 10.0 Å². The molecule has 4 nitrogen and oxygen atoms in total. The minimum absolute atomic E-state index is 0.649. The van der Waals surface area contributed by atoms with Gasteiger partial charge in [-0.1, -0.05) is 51.7 Å². The minimum Gasteiger partial charge on any atom is -0.314 e. The molecule has 1 rings (SSSR count). The Labute approximate surface area is 154 Å². The zero-order valence-electron chi connectivity index (χ0n) is 16.2. The first-order chi connectivity index (χ1) is 11.9. The summed E-state index contributed by atoms with van der Waals surface area (Å²) in [6, 6.07) is 8.33. The van der Waals surface area contributed by atoms with Crippen LogP contribution in [0.1, 0.15) is 70.8 Å². The molecule has 0 aliphatic rings. The monoisotopic (exact) mass is 368 g/mol. The Morgan fingerprint density at radius 3 is 2.52 bits per heavy atom. The number of sulfonamides is 1. The molecule has 0 aliphatic carbocycles. The average molecular weight is 369 g/mol. The predicted octanol–water partition coefficient (Wildman–Crippen LogP) is 4.72. The summed E-state index contributed by atoms with van der Waals surface area (Å²) in [4.78, 5) is 0. The predicted molar refractivity (Wildman–Crippen MR) is 109 cm³/mol. The van der Waals surface area contributed by atoms with E-state index in [-0.39, 0.29) is 0 Å². The van der Waals surface area contributed by atoms with E-state index in [1.165, 1.54) is 50.3 Å². The van der Waals surface area contributed by atoms with Gasteiger partial charge in [0.25, 0.3) is 0 Å². The molecule has 0 aliphatic heterocycles. The van der Waals surface area contributed by atoms with Crippen LogP contribution in [0.2, 0.25) is 0 Å². The van der Waals surface area contributed by atoms with Crippen molar-refractivity contribution in [2.75, 3.05) is 17.5 Å². The van der Waals surface area contributed by atoms with Gasteiger partial charge in [0.15, 0.2) is 0 Å². The summed E-state index contributed by atoms with van der Waals surface area (Å²) < 4.78 is 25.1. The van der Waals surface area contributed by atoms with Crippen molar-refractivity contribution >= 4 is 15.7 Å². The second kappa shape index (κ2) is 12.3. The Balaban J connectivity index is 2.23. The fourth-order valence-electron chi connectivity index (χ4n) is 3.03. The molecular formula is C20H36N2O2S. The maximum atomic E-state index is 11.3. The summed E-state index contributed by atoms with van der Waals surface area (Å²) in [7, 11) is -3.21. The zero-order chi connectivity index (χ0) is 18.5. The summed E-state index contributed by atoms with van der Waals surface area (Å²) in [6.45, 7) is 5.58. The van der Waals surface area contributed by atoms with Crippen molar-refractivity contribution in [1.29, 1.82) is 0 Å². The molecule has 0 aromatic heterocycles. The topological polar surface area (TPSA) is 58.2 Å². The van der Waals surface area contributed by atoms with Crippen LogP contribution in [0.5, 0.6) is 0 Å². The van der Waals surface area contributed by atoms with Crippen LogP contribution < -0.4 is 10.0 Å². The smallest absolute Gasteiger partial charge is 0.229 e. The summed E-state index contributed by atoms with van der Waals surface area (Å²) >= 11 is 0. The first-order valence-corrected chi connectivity index (χ1v) is 11.6. The average Bonchev–Trinajstić information content (AvgIpc) is 2.55. The van der Waals surface area contributed by atoms with Crippen molar-refractivity contribution < 1.29 is 8.42 Å². The summed E-state index contributed by atoms with van der Waals surface area (Å²) in [5.41, 5.74) is 1.83. The Morgan fingerprint density at radius 1 is 1.04 bits per heavy atom. The molecule has 0 heterocycles. The lowest BCUT2D eigenvalue weighted by atomic mass is 10.0. The highest BCUT2D eigenvalue weighted by Crippen LogP contribution is 2.14. The van der Waals surface area contributed by atoms with E-state index >= 15 is 0 Å². The van der Waals surface area contributed by atoms with Gasteiger partial charge in [0.05, 0.1) is 6.26 Å². The first-order valence-electron chi connectivity index (χ1n) is 9.74. The molecule has 1 aromatic carbocycles. The lowest BCUT2D eigenvalue weighted by Gasteiger charge is -2.16. The third-order valence-electron chi connectivity index (χ3n) is 4.45. The molecule has 0 amide bonds. The highest BCUT2D eigenvalue weighted by atomic mass is 32.2. The van der Waals surface area contributed by atoms with Gasteiger partial charge < -0.3 is 5.32 Å². The van der Waals surface area contributed by atoms with Crippen LogP contribution in [0.15, 0.2) is 24.3 Å². The molecule has 0 radical (unpaired) electrons. The van der Waals surface area contributed by atoms with Crippen LogP contribution in [-0.4, -0.2) is 27.3 Å². The number of benzene rings is 1. The highest BCUT2D eigenvalue weighted by molar-refractivity contribution is 7.92. The molecule has 25 heavy (non-hydrogen) atoms. The minimum atomic E-state index is -3.21. The van der Waals surface area contributed by atoms with Crippen LogP contribution in [0, 0.1) is 0 Å². The van der Waals surface area contributed by atoms with Gasteiger partial charge in [-0.2, -0.15) is 0 Å². The van der Waals surface area contributed by atoms with Crippen molar-refractivity contribution in [3.05, 3.63) is 29.8 Å². The van der Waals surface area contributed by atoms with E-state index in [1.54, 1.807) is 6.07 Å². The SMILES string of the molecule is CCCCCCC(CC)NCCCCc1cccc(NS(C)(=O)=O)c1. The standard InChI is InChI=1S/C20H36N2O2S/c1-4-6-7-8-14-19(5-2)21-16-10-9-12-18-13-11-15-20(17-18)22-25(3,23)24/h11,13,15,17,19,21-22H,4-10,12,14,16H2,1-3H3. The molecule has 1 atom stereocenters. The summed E-state index contributed by atoms with van der Waals surface area (Å²) in [5, 5.41) is 3.68. The lowest BCUT2D eigenvalue weighted by Crippen LogP contribution is -2.29. The molecule has 0 saturated carbocycles. The van der Waals surface area contributed by atoms with E-state index in [4.69, 9.17) is 0 Å². The van der Waals surface area contributed by atoms with Gasteiger partial charge in [0, 0.05) is 11.7 Å². The number of anilines is 1. The normalized spacial score (nSPS) is 12.9. The van der Waals surface area contributed by atoms with Crippen LogP contribution in [-0.2, 0) is 16.4 Å². The van der Waals surface area contributed by atoms with Crippen molar-refractivity contribution in [3.63, 3.8) is 0 Å². The maximum absolute atomic E-state index is 11.3. The quantitative estimate of drug-likeness (QED) is 0.467. The van der Waals surface area contributed by atoms with Gasteiger partial charge in [-0.05, 0) is 56.3 Å². The second-order valence-corrected chi connectivity index (χ2v) is 8.69. The molecular weight excluding hydrogens is 332 g/mol. The fraction of sp³-hybridized carbons (Fsp3) is 0.700. The number of unbranched alkanes of at least 4 members (excludes halogenated alkanes) is 4. The molecule has 2 N–H and O–H groups in total. The Bertz CT molecular complexity index is 573. The van der Waals surface area contributed by atoms with Crippen LogP contribution in [0.3, 0.4) is 0 Å². The van der Waals surface area contributed by atoms with Crippen molar-refractivity contribution in [2.45, 2.75) is 77.7 Å². The van der Waals surface area contributed by atoms with Crippen molar-refractivity contribution in [2.24, 2.45) is 0 Å². The Hall–Kier alpha value is -1.07. The number of nitrogens with one attached hydrogen (secondary N) is 2. The van der Waals surface area contributed by atoms with Crippen molar-refractivity contribution in [1.82, 2.24) is 5.32 Å².